The monoisotopic (exact) mass is 267 g/mol. The Kier molecular flexibility index (Phi) is 2.78. The molecule has 92 valence electrons. The molecule has 0 aliphatic carbocycles. The summed E-state index contributed by atoms with van der Waals surface area (Å²) in [5.41, 5.74) is 7.74. The largest absolute Gasteiger partial charge is 0.429 e. The second-order valence-corrected chi connectivity index (χ2v) is 4.91. The van der Waals surface area contributed by atoms with Gasteiger partial charge in [-0.15, -0.1) is 0 Å². The summed E-state index contributed by atoms with van der Waals surface area (Å²) in [6.45, 7) is 0. The number of thiazole rings is 1. The number of ether oxygens (including phenoxy) is 1. The first kappa shape index (κ1) is 11.5. The van der Waals surface area contributed by atoms with E-state index in [1.54, 1.807) is 24.3 Å². The van der Waals surface area contributed by atoms with Crippen LogP contribution in [0.1, 0.15) is 5.56 Å². The molecule has 0 atom stereocenters. The average molecular weight is 267 g/mol. The van der Waals surface area contributed by atoms with Crippen molar-refractivity contribution < 1.29 is 4.74 Å². The maximum Gasteiger partial charge on any atom is 0.279 e. The summed E-state index contributed by atoms with van der Waals surface area (Å²) in [6, 6.07) is 14.7. The van der Waals surface area contributed by atoms with E-state index in [9.17, 15) is 0 Å². The molecule has 1 aromatic heterocycles. The fourth-order valence-corrected chi connectivity index (χ4v) is 2.58. The Labute approximate surface area is 113 Å². The molecule has 0 unspecified atom stereocenters. The first-order valence-corrected chi connectivity index (χ1v) is 6.41. The molecule has 0 saturated heterocycles. The number of rotatable bonds is 2. The standard InChI is InChI=1S/C14H9N3OS/c15-8-9-3-1-2-4-12(9)18-14-17-11-6-5-10(16)7-13(11)19-14/h1-7H,16H2. The Morgan fingerprint density at radius 1 is 1.21 bits per heavy atom. The van der Waals surface area contributed by atoms with E-state index in [4.69, 9.17) is 15.7 Å². The molecule has 0 aliphatic heterocycles. The summed E-state index contributed by atoms with van der Waals surface area (Å²) >= 11 is 1.40. The summed E-state index contributed by atoms with van der Waals surface area (Å²) in [7, 11) is 0. The van der Waals surface area contributed by atoms with Gasteiger partial charge in [0.25, 0.3) is 5.19 Å². The minimum atomic E-state index is 0.487. The van der Waals surface area contributed by atoms with Crippen LogP contribution < -0.4 is 10.5 Å². The molecule has 0 radical (unpaired) electrons. The highest BCUT2D eigenvalue weighted by Crippen LogP contribution is 2.33. The lowest BCUT2D eigenvalue weighted by atomic mass is 10.2. The van der Waals surface area contributed by atoms with E-state index in [1.165, 1.54) is 11.3 Å². The minimum absolute atomic E-state index is 0.487. The van der Waals surface area contributed by atoms with Gasteiger partial charge in [0, 0.05) is 5.69 Å². The smallest absolute Gasteiger partial charge is 0.279 e. The first-order chi connectivity index (χ1) is 9.26. The molecule has 2 N–H and O–H groups in total. The summed E-state index contributed by atoms with van der Waals surface area (Å²) in [5.74, 6) is 0.511. The Morgan fingerprint density at radius 3 is 2.89 bits per heavy atom. The number of nitrogen functional groups attached to an aromatic ring is 1. The van der Waals surface area contributed by atoms with Gasteiger partial charge in [-0.05, 0) is 30.3 Å². The van der Waals surface area contributed by atoms with E-state index in [1.807, 2.05) is 18.2 Å². The number of nitrogens with zero attached hydrogens (tertiary/aromatic N) is 2. The number of hydrogen-bond donors (Lipinski definition) is 1. The summed E-state index contributed by atoms with van der Waals surface area (Å²) in [6.07, 6.45) is 0. The van der Waals surface area contributed by atoms with Crippen LogP contribution in [-0.4, -0.2) is 4.98 Å². The van der Waals surface area contributed by atoms with E-state index < -0.39 is 0 Å². The van der Waals surface area contributed by atoms with E-state index in [0.717, 1.165) is 10.2 Å². The number of fused-ring (bicyclic) bond motifs is 1. The van der Waals surface area contributed by atoms with Crippen LogP contribution in [0.5, 0.6) is 10.9 Å². The van der Waals surface area contributed by atoms with E-state index in [2.05, 4.69) is 11.1 Å². The predicted octanol–water partition coefficient (Wildman–Crippen LogP) is 3.54. The van der Waals surface area contributed by atoms with Crippen molar-refractivity contribution in [3.8, 4) is 17.0 Å². The molecule has 5 heteroatoms. The number of benzene rings is 2. The second kappa shape index (κ2) is 4.59. The quantitative estimate of drug-likeness (QED) is 0.721. The van der Waals surface area contributed by atoms with Crippen molar-refractivity contribution >= 4 is 27.2 Å². The zero-order valence-electron chi connectivity index (χ0n) is 9.83. The Hall–Kier alpha value is -2.58. The number of nitrogens with two attached hydrogens (primary N) is 1. The minimum Gasteiger partial charge on any atom is -0.429 e. The number of anilines is 1. The van der Waals surface area contributed by atoms with Crippen molar-refractivity contribution in [2.75, 3.05) is 5.73 Å². The maximum absolute atomic E-state index is 9.01. The molecule has 0 spiro atoms. The highest BCUT2D eigenvalue weighted by atomic mass is 32.1. The first-order valence-electron chi connectivity index (χ1n) is 5.59. The predicted molar refractivity (Wildman–Crippen MR) is 75.3 cm³/mol. The van der Waals surface area contributed by atoms with Crippen LogP contribution >= 0.6 is 11.3 Å². The Balaban J connectivity index is 1.99. The molecule has 1 heterocycles. The third-order valence-electron chi connectivity index (χ3n) is 2.60. The van der Waals surface area contributed by atoms with Crippen LogP contribution in [0.2, 0.25) is 0 Å². The van der Waals surface area contributed by atoms with E-state index in [-0.39, 0.29) is 0 Å². The van der Waals surface area contributed by atoms with E-state index >= 15 is 0 Å². The van der Waals surface area contributed by atoms with Crippen LogP contribution in [0.3, 0.4) is 0 Å². The van der Waals surface area contributed by atoms with Gasteiger partial charge in [0.1, 0.15) is 11.8 Å². The van der Waals surface area contributed by atoms with Gasteiger partial charge >= 0.3 is 0 Å². The van der Waals surface area contributed by atoms with Gasteiger partial charge in [0.05, 0.1) is 15.8 Å². The summed E-state index contributed by atoms with van der Waals surface area (Å²) < 4.78 is 6.63. The van der Waals surface area contributed by atoms with Crippen LogP contribution in [0.25, 0.3) is 10.2 Å². The van der Waals surface area contributed by atoms with Crippen LogP contribution in [0, 0.1) is 11.3 Å². The van der Waals surface area contributed by atoms with Gasteiger partial charge in [-0.2, -0.15) is 5.26 Å². The molecule has 2 aromatic carbocycles. The van der Waals surface area contributed by atoms with Gasteiger partial charge in [0.15, 0.2) is 0 Å². The highest BCUT2D eigenvalue weighted by molar-refractivity contribution is 7.20. The molecule has 0 fully saturated rings. The van der Waals surface area contributed by atoms with Gasteiger partial charge in [0.2, 0.25) is 0 Å². The van der Waals surface area contributed by atoms with Crippen LogP contribution in [0.4, 0.5) is 5.69 Å². The highest BCUT2D eigenvalue weighted by Gasteiger charge is 2.08. The van der Waals surface area contributed by atoms with Crippen molar-refractivity contribution in [3.63, 3.8) is 0 Å². The molecule has 0 aliphatic rings. The molecular formula is C14H9N3OS. The van der Waals surface area contributed by atoms with Gasteiger partial charge < -0.3 is 10.5 Å². The van der Waals surface area contributed by atoms with Crippen molar-refractivity contribution in [2.24, 2.45) is 0 Å². The lowest BCUT2D eigenvalue weighted by Crippen LogP contribution is -1.86. The fourth-order valence-electron chi connectivity index (χ4n) is 1.71. The zero-order chi connectivity index (χ0) is 13.2. The second-order valence-electron chi connectivity index (χ2n) is 3.92. The maximum atomic E-state index is 9.01. The van der Waals surface area contributed by atoms with Gasteiger partial charge in [-0.1, -0.05) is 23.5 Å². The molecular weight excluding hydrogens is 258 g/mol. The molecule has 0 saturated carbocycles. The summed E-state index contributed by atoms with van der Waals surface area (Å²) in [5, 5.41) is 9.51. The van der Waals surface area contributed by atoms with Gasteiger partial charge in [-0.3, -0.25) is 0 Å². The topological polar surface area (TPSA) is 71.9 Å². The fraction of sp³-hybridized carbons (Fsp3) is 0. The molecule has 3 aromatic rings. The molecule has 0 bridgehead atoms. The molecule has 4 nitrogen and oxygen atoms in total. The van der Waals surface area contributed by atoms with Crippen molar-refractivity contribution in [1.82, 2.24) is 4.98 Å². The third kappa shape index (κ3) is 2.21. The number of hydrogen-bond acceptors (Lipinski definition) is 5. The van der Waals surface area contributed by atoms with Crippen molar-refractivity contribution in [1.29, 1.82) is 5.26 Å². The number of para-hydroxylation sites is 1. The normalized spacial score (nSPS) is 10.3. The van der Waals surface area contributed by atoms with Crippen molar-refractivity contribution in [3.05, 3.63) is 48.0 Å². The summed E-state index contributed by atoms with van der Waals surface area (Å²) in [4.78, 5) is 4.36. The van der Waals surface area contributed by atoms with Gasteiger partial charge in [-0.25, -0.2) is 4.98 Å². The number of nitriles is 1. The molecule has 3 rings (SSSR count). The molecule has 19 heavy (non-hydrogen) atoms. The lowest BCUT2D eigenvalue weighted by molar-refractivity contribution is 0.478. The zero-order valence-corrected chi connectivity index (χ0v) is 10.6. The van der Waals surface area contributed by atoms with Crippen molar-refractivity contribution in [2.45, 2.75) is 0 Å². The Morgan fingerprint density at radius 2 is 2.05 bits per heavy atom. The molecule has 0 amide bonds. The Bertz CT molecular complexity index is 789. The average Bonchev–Trinajstić information content (AvgIpc) is 2.80. The lowest BCUT2D eigenvalue weighted by Gasteiger charge is -2.02. The van der Waals surface area contributed by atoms with Crippen LogP contribution in [-0.2, 0) is 0 Å². The van der Waals surface area contributed by atoms with Crippen LogP contribution in [0.15, 0.2) is 42.5 Å². The number of aromatic nitrogens is 1. The third-order valence-corrected chi connectivity index (χ3v) is 3.49. The van der Waals surface area contributed by atoms with E-state index in [0.29, 0.717) is 22.2 Å². The SMILES string of the molecule is N#Cc1ccccc1Oc1nc2ccc(N)cc2s1.